The van der Waals surface area contributed by atoms with Gasteiger partial charge in [-0.2, -0.15) is 0 Å². The number of ether oxygens (including phenoxy) is 1. The lowest BCUT2D eigenvalue weighted by Gasteiger charge is -2.36. The van der Waals surface area contributed by atoms with Crippen LogP contribution >= 0.6 is 0 Å². The van der Waals surface area contributed by atoms with Crippen molar-refractivity contribution in [3.8, 4) is 0 Å². The second-order valence-electron chi connectivity index (χ2n) is 5.15. The Bertz CT molecular complexity index is 311. The minimum absolute atomic E-state index is 0.0541. The standard InChI is InChI=1S/C14H26N2O2/c1-5-11(6-2)18-13-8-9(3)7-12(15)14(13)16-10(4)17/h8,11-14H,5-7,15H2,1-4H3,(H,16,17)/t12-,13+,14+/m0/s1. The molecule has 0 fully saturated rings. The van der Waals surface area contributed by atoms with Crippen LogP contribution in [0.25, 0.3) is 0 Å². The quantitative estimate of drug-likeness (QED) is 0.735. The van der Waals surface area contributed by atoms with Crippen LogP contribution in [0.5, 0.6) is 0 Å². The molecule has 4 nitrogen and oxygen atoms in total. The summed E-state index contributed by atoms with van der Waals surface area (Å²) in [5, 5.41) is 2.92. The maximum atomic E-state index is 11.3. The van der Waals surface area contributed by atoms with Crippen molar-refractivity contribution in [1.82, 2.24) is 5.32 Å². The number of carbonyl (C=O) groups excluding carboxylic acids is 1. The second-order valence-corrected chi connectivity index (χ2v) is 5.15. The van der Waals surface area contributed by atoms with Gasteiger partial charge in [0.05, 0.1) is 18.2 Å². The Morgan fingerprint density at radius 2 is 2.17 bits per heavy atom. The molecule has 0 aromatic rings. The maximum Gasteiger partial charge on any atom is 0.217 e. The Labute approximate surface area is 110 Å². The Morgan fingerprint density at radius 1 is 1.56 bits per heavy atom. The van der Waals surface area contributed by atoms with Crippen LogP contribution in [0.3, 0.4) is 0 Å². The molecule has 1 aliphatic rings. The summed E-state index contributed by atoms with van der Waals surface area (Å²) < 4.78 is 6.07. The smallest absolute Gasteiger partial charge is 0.217 e. The lowest BCUT2D eigenvalue weighted by atomic mass is 9.89. The fourth-order valence-corrected chi connectivity index (χ4v) is 2.45. The monoisotopic (exact) mass is 254 g/mol. The van der Waals surface area contributed by atoms with Crippen LogP contribution in [0.4, 0.5) is 0 Å². The molecule has 3 atom stereocenters. The van der Waals surface area contributed by atoms with Gasteiger partial charge in [-0.3, -0.25) is 4.79 Å². The van der Waals surface area contributed by atoms with Gasteiger partial charge in [0.25, 0.3) is 0 Å². The van der Waals surface area contributed by atoms with Crippen molar-refractivity contribution in [2.75, 3.05) is 0 Å². The zero-order valence-electron chi connectivity index (χ0n) is 11.9. The lowest BCUT2D eigenvalue weighted by molar-refractivity contribution is -0.121. The zero-order valence-corrected chi connectivity index (χ0v) is 11.9. The van der Waals surface area contributed by atoms with Crippen molar-refractivity contribution in [3.63, 3.8) is 0 Å². The van der Waals surface area contributed by atoms with Crippen LogP contribution < -0.4 is 11.1 Å². The predicted octanol–water partition coefficient (Wildman–Crippen LogP) is 1.74. The Kier molecular flexibility index (Phi) is 5.82. The van der Waals surface area contributed by atoms with Crippen molar-refractivity contribution in [2.45, 2.75) is 71.2 Å². The summed E-state index contributed by atoms with van der Waals surface area (Å²) in [6.45, 7) is 7.81. The van der Waals surface area contributed by atoms with E-state index < -0.39 is 0 Å². The molecular weight excluding hydrogens is 228 g/mol. The SMILES string of the molecule is CCC(CC)O[C@@H]1C=C(C)C[C@H](N)[C@H]1NC(C)=O. The van der Waals surface area contributed by atoms with Crippen molar-refractivity contribution in [2.24, 2.45) is 5.73 Å². The molecule has 1 amide bonds. The van der Waals surface area contributed by atoms with E-state index in [0.29, 0.717) is 0 Å². The van der Waals surface area contributed by atoms with Gasteiger partial charge in [-0.25, -0.2) is 0 Å². The molecule has 3 N–H and O–H groups in total. The number of nitrogens with two attached hydrogens (primary N) is 1. The Hall–Kier alpha value is -0.870. The average Bonchev–Trinajstić information content (AvgIpc) is 2.29. The van der Waals surface area contributed by atoms with E-state index in [0.717, 1.165) is 19.3 Å². The summed E-state index contributed by atoms with van der Waals surface area (Å²) in [5.41, 5.74) is 7.37. The van der Waals surface area contributed by atoms with Gasteiger partial charge in [-0.1, -0.05) is 25.5 Å². The summed E-state index contributed by atoms with van der Waals surface area (Å²) in [6.07, 6.45) is 4.97. The average molecular weight is 254 g/mol. The third-order valence-corrected chi connectivity index (χ3v) is 3.45. The van der Waals surface area contributed by atoms with E-state index in [1.54, 1.807) is 0 Å². The molecule has 0 spiro atoms. The van der Waals surface area contributed by atoms with Gasteiger partial charge < -0.3 is 15.8 Å². The van der Waals surface area contributed by atoms with Crippen molar-refractivity contribution >= 4 is 5.91 Å². The van der Waals surface area contributed by atoms with E-state index in [9.17, 15) is 4.79 Å². The van der Waals surface area contributed by atoms with Crippen molar-refractivity contribution in [1.29, 1.82) is 0 Å². The van der Waals surface area contributed by atoms with E-state index in [-0.39, 0.29) is 30.2 Å². The van der Waals surface area contributed by atoms with Crippen LogP contribution in [0.2, 0.25) is 0 Å². The molecule has 0 aromatic heterocycles. The molecule has 0 heterocycles. The van der Waals surface area contributed by atoms with Gasteiger partial charge in [-0.05, 0) is 26.2 Å². The molecule has 4 heteroatoms. The van der Waals surface area contributed by atoms with Crippen LogP contribution in [0.1, 0.15) is 47.0 Å². The minimum atomic E-state index is -0.119. The van der Waals surface area contributed by atoms with Crippen LogP contribution in [-0.2, 0) is 9.53 Å². The van der Waals surface area contributed by atoms with Crippen LogP contribution in [0, 0.1) is 0 Å². The summed E-state index contributed by atoms with van der Waals surface area (Å²) in [5.74, 6) is -0.0541. The maximum absolute atomic E-state index is 11.3. The highest BCUT2D eigenvalue weighted by atomic mass is 16.5. The van der Waals surface area contributed by atoms with E-state index >= 15 is 0 Å². The predicted molar refractivity (Wildman–Crippen MR) is 73.2 cm³/mol. The number of carbonyl (C=O) groups is 1. The summed E-state index contributed by atoms with van der Waals surface area (Å²) in [6, 6.07) is -0.190. The molecule has 1 rings (SSSR count). The van der Waals surface area contributed by atoms with Crippen molar-refractivity contribution < 1.29 is 9.53 Å². The first kappa shape index (κ1) is 15.2. The van der Waals surface area contributed by atoms with Gasteiger partial charge in [0.15, 0.2) is 0 Å². The zero-order chi connectivity index (χ0) is 13.7. The normalized spacial score (nSPS) is 28.1. The van der Waals surface area contributed by atoms with Gasteiger partial charge in [0.2, 0.25) is 5.91 Å². The minimum Gasteiger partial charge on any atom is -0.369 e. The summed E-state index contributed by atoms with van der Waals surface area (Å²) in [7, 11) is 0. The van der Waals surface area contributed by atoms with Crippen molar-refractivity contribution in [3.05, 3.63) is 11.6 Å². The second kappa shape index (κ2) is 6.90. The number of hydrogen-bond donors (Lipinski definition) is 2. The summed E-state index contributed by atoms with van der Waals surface area (Å²) >= 11 is 0. The number of amides is 1. The van der Waals surface area contributed by atoms with E-state index in [1.807, 2.05) is 0 Å². The highest BCUT2D eigenvalue weighted by Crippen LogP contribution is 2.22. The fourth-order valence-electron chi connectivity index (χ4n) is 2.45. The van der Waals surface area contributed by atoms with E-state index in [2.05, 4.69) is 32.2 Å². The fraction of sp³-hybridized carbons (Fsp3) is 0.786. The molecular formula is C14H26N2O2. The first-order valence-corrected chi connectivity index (χ1v) is 6.83. The van der Waals surface area contributed by atoms with E-state index in [4.69, 9.17) is 10.5 Å². The molecule has 0 saturated carbocycles. The molecule has 0 aliphatic heterocycles. The largest absolute Gasteiger partial charge is 0.369 e. The molecule has 0 bridgehead atoms. The number of hydrogen-bond acceptors (Lipinski definition) is 3. The molecule has 0 saturated heterocycles. The number of nitrogens with one attached hydrogen (secondary N) is 1. The topological polar surface area (TPSA) is 64.3 Å². The van der Waals surface area contributed by atoms with Crippen LogP contribution in [0.15, 0.2) is 11.6 Å². The number of rotatable bonds is 5. The third-order valence-electron chi connectivity index (χ3n) is 3.45. The van der Waals surface area contributed by atoms with Gasteiger partial charge >= 0.3 is 0 Å². The molecule has 0 unspecified atom stereocenters. The van der Waals surface area contributed by atoms with Crippen LogP contribution in [-0.4, -0.2) is 30.2 Å². The molecule has 0 radical (unpaired) electrons. The first-order chi connectivity index (χ1) is 8.47. The van der Waals surface area contributed by atoms with Gasteiger partial charge in [-0.15, -0.1) is 0 Å². The lowest BCUT2D eigenvalue weighted by Crippen LogP contribution is -2.56. The van der Waals surface area contributed by atoms with E-state index in [1.165, 1.54) is 12.5 Å². The highest BCUT2D eigenvalue weighted by Gasteiger charge is 2.32. The van der Waals surface area contributed by atoms with Gasteiger partial charge in [0, 0.05) is 13.0 Å². The summed E-state index contributed by atoms with van der Waals surface area (Å²) in [4.78, 5) is 11.3. The van der Waals surface area contributed by atoms with Gasteiger partial charge in [0.1, 0.15) is 0 Å². The molecule has 18 heavy (non-hydrogen) atoms. The Morgan fingerprint density at radius 3 is 2.67 bits per heavy atom. The molecule has 1 aliphatic carbocycles. The molecule has 0 aromatic carbocycles. The molecule has 104 valence electrons. The third kappa shape index (κ3) is 4.10. The highest BCUT2D eigenvalue weighted by molar-refractivity contribution is 5.73. The first-order valence-electron chi connectivity index (χ1n) is 6.83. The Balaban J connectivity index is 2.79.